The van der Waals surface area contributed by atoms with Gasteiger partial charge in [0.2, 0.25) is 0 Å². The van der Waals surface area contributed by atoms with Crippen LogP contribution in [0.4, 0.5) is 0 Å². The van der Waals surface area contributed by atoms with Crippen molar-refractivity contribution >= 4 is 41.5 Å². The van der Waals surface area contributed by atoms with E-state index in [-0.39, 0.29) is 30.1 Å². The van der Waals surface area contributed by atoms with Crippen LogP contribution in [-0.4, -0.2) is 40.4 Å². The van der Waals surface area contributed by atoms with Gasteiger partial charge in [-0.25, -0.2) is 0 Å². The molecule has 0 aliphatic heterocycles. The molecule has 9 heteroatoms. The van der Waals surface area contributed by atoms with Crippen molar-refractivity contribution in [1.82, 2.24) is 25.4 Å². The number of aromatic nitrogens is 3. The molecule has 0 radical (unpaired) electrons. The third kappa shape index (κ3) is 6.90. The molecule has 29 heavy (non-hydrogen) atoms. The van der Waals surface area contributed by atoms with E-state index in [0.29, 0.717) is 24.1 Å². The lowest BCUT2D eigenvalue weighted by Crippen LogP contribution is -2.41. The Hall–Kier alpha value is -2.33. The molecule has 1 atom stereocenters. The fourth-order valence-electron chi connectivity index (χ4n) is 2.59. The van der Waals surface area contributed by atoms with Crippen molar-refractivity contribution in [2.45, 2.75) is 19.6 Å². The first-order valence-electron chi connectivity index (χ1n) is 8.97. The number of benzene rings is 2. The van der Waals surface area contributed by atoms with Gasteiger partial charge in [-0.3, -0.25) is 9.56 Å². The summed E-state index contributed by atoms with van der Waals surface area (Å²) in [4.78, 5) is 4.24. The molecule has 154 valence electrons. The molecule has 2 aromatic carbocycles. The molecular weight excluding hydrogens is 503 g/mol. The standard InChI is InChI=1S/C20H23ClN6O.HI/c1-15(28-18-10-8-16(21)9-11-18)12-23-20(22-2)24-13-19-26-25-14-27(19)17-6-4-3-5-7-17;/h3-11,14-15H,12-13H2,1-2H3,(H2,22,23,24);1H. The van der Waals surface area contributed by atoms with E-state index in [2.05, 4.69) is 25.8 Å². The van der Waals surface area contributed by atoms with Gasteiger partial charge >= 0.3 is 0 Å². The van der Waals surface area contributed by atoms with Crippen molar-refractivity contribution in [2.24, 2.45) is 4.99 Å². The van der Waals surface area contributed by atoms with E-state index < -0.39 is 0 Å². The summed E-state index contributed by atoms with van der Waals surface area (Å²) in [6.07, 6.45) is 1.65. The predicted octanol–water partition coefficient (Wildman–Crippen LogP) is 3.67. The van der Waals surface area contributed by atoms with E-state index in [1.165, 1.54) is 0 Å². The average Bonchev–Trinajstić information content (AvgIpc) is 3.19. The van der Waals surface area contributed by atoms with Gasteiger partial charge in [0.15, 0.2) is 11.8 Å². The highest BCUT2D eigenvalue weighted by atomic mass is 127. The van der Waals surface area contributed by atoms with Gasteiger partial charge in [0.1, 0.15) is 18.2 Å². The lowest BCUT2D eigenvalue weighted by molar-refractivity contribution is 0.224. The monoisotopic (exact) mass is 526 g/mol. The maximum Gasteiger partial charge on any atom is 0.191 e. The SMILES string of the molecule is CN=C(NCc1nncn1-c1ccccc1)NCC(C)Oc1ccc(Cl)cc1.I. The van der Waals surface area contributed by atoms with Crippen LogP contribution >= 0.6 is 35.6 Å². The molecule has 0 spiro atoms. The molecule has 0 aliphatic rings. The average molecular weight is 527 g/mol. The summed E-state index contributed by atoms with van der Waals surface area (Å²) in [6.45, 7) is 3.07. The Bertz CT molecular complexity index is 901. The number of nitrogens with zero attached hydrogens (tertiary/aromatic N) is 4. The van der Waals surface area contributed by atoms with E-state index in [4.69, 9.17) is 16.3 Å². The number of rotatable bonds is 7. The molecule has 7 nitrogen and oxygen atoms in total. The van der Waals surface area contributed by atoms with Crippen LogP contribution in [0.15, 0.2) is 65.9 Å². The second-order valence-electron chi connectivity index (χ2n) is 6.14. The van der Waals surface area contributed by atoms with Crippen molar-refractivity contribution in [2.75, 3.05) is 13.6 Å². The van der Waals surface area contributed by atoms with E-state index in [0.717, 1.165) is 17.3 Å². The minimum absolute atomic E-state index is 0. The first-order valence-corrected chi connectivity index (χ1v) is 9.34. The van der Waals surface area contributed by atoms with E-state index in [9.17, 15) is 0 Å². The Balaban J connectivity index is 0.00000300. The topological polar surface area (TPSA) is 76.4 Å². The van der Waals surface area contributed by atoms with Gasteiger partial charge in [-0.1, -0.05) is 29.8 Å². The second kappa shape index (κ2) is 11.6. The van der Waals surface area contributed by atoms with Crippen LogP contribution in [0.25, 0.3) is 5.69 Å². The zero-order chi connectivity index (χ0) is 19.8. The summed E-state index contributed by atoms with van der Waals surface area (Å²) in [5, 5.41) is 15.4. The second-order valence-corrected chi connectivity index (χ2v) is 6.58. The molecule has 0 fully saturated rings. The zero-order valence-corrected chi connectivity index (χ0v) is 19.3. The summed E-state index contributed by atoms with van der Waals surface area (Å²) in [6, 6.07) is 17.3. The van der Waals surface area contributed by atoms with Crippen LogP contribution in [0.2, 0.25) is 5.02 Å². The summed E-state index contributed by atoms with van der Waals surface area (Å²) in [5.74, 6) is 2.23. The van der Waals surface area contributed by atoms with Crippen LogP contribution in [0.5, 0.6) is 5.75 Å². The lowest BCUT2D eigenvalue weighted by Gasteiger charge is -2.18. The number of nitrogens with one attached hydrogen (secondary N) is 2. The fraction of sp³-hybridized carbons (Fsp3) is 0.250. The van der Waals surface area contributed by atoms with Crippen molar-refractivity contribution < 1.29 is 4.74 Å². The number of guanidine groups is 1. The molecule has 1 unspecified atom stereocenters. The van der Waals surface area contributed by atoms with Gasteiger partial charge in [0, 0.05) is 17.8 Å². The maximum atomic E-state index is 5.89. The largest absolute Gasteiger partial charge is 0.489 e. The summed E-state index contributed by atoms with van der Waals surface area (Å²) < 4.78 is 7.80. The molecule has 0 bridgehead atoms. The molecule has 1 heterocycles. The maximum absolute atomic E-state index is 5.89. The van der Waals surface area contributed by atoms with Crippen molar-refractivity contribution in [3.05, 3.63) is 71.8 Å². The summed E-state index contributed by atoms with van der Waals surface area (Å²) in [5.41, 5.74) is 1.01. The molecule has 3 aromatic rings. The van der Waals surface area contributed by atoms with Crippen molar-refractivity contribution in [3.63, 3.8) is 0 Å². The van der Waals surface area contributed by atoms with Crippen molar-refractivity contribution in [3.8, 4) is 11.4 Å². The number of halogens is 2. The molecule has 0 saturated heterocycles. The molecule has 3 rings (SSSR count). The van der Waals surface area contributed by atoms with Gasteiger partial charge in [0.05, 0.1) is 13.1 Å². The van der Waals surface area contributed by atoms with E-state index in [1.807, 2.05) is 54.0 Å². The fourth-order valence-corrected chi connectivity index (χ4v) is 2.72. The third-order valence-corrected chi connectivity index (χ3v) is 4.25. The van der Waals surface area contributed by atoms with Crippen LogP contribution in [0.3, 0.4) is 0 Å². The summed E-state index contributed by atoms with van der Waals surface area (Å²) in [7, 11) is 1.72. The Labute approximate surface area is 192 Å². The molecule has 2 N–H and O–H groups in total. The highest BCUT2D eigenvalue weighted by molar-refractivity contribution is 14.0. The minimum atomic E-state index is -0.0484. The van der Waals surface area contributed by atoms with Gasteiger partial charge in [-0.2, -0.15) is 0 Å². The summed E-state index contributed by atoms with van der Waals surface area (Å²) >= 11 is 5.89. The zero-order valence-electron chi connectivity index (χ0n) is 16.2. The number of ether oxygens (including phenoxy) is 1. The predicted molar refractivity (Wildman–Crippen MR) is 127 cm³/mol. The van der Waals surface area contributed by atoms with Crippen LogP contribution < -0.4 is 15.4 Å². The smallest absolute Gasteiger partial charge is 0.191 e. The molecule has 0 aliphatic carbocycles. The van der Waals surface area contributed by atoms with Crippen LogP contribution in [0, 0.1) is 0 Å². The number of hydrogen-bond acceptors (Lipinski definition) is 4. The van der Waals surface area contributed by atoms with Crippen LogP contribution in [0.1, 0.15) is 12.7 Å². The molecule has 1 aromatic heterocycles. The van der Waals surface area contributed by atoms with Gasteiger partial charge in [0.25, 0.3) is 0 Å². The van der Waals surface area contributed by atoms with E-state index >= 15 is 0 Å². The quantitative estimate of drug-likeness (QED) is 0.279. The minimum Gasteiger partial charge on any atom is -0.489 e. The molecule has 0 saturated carbocycles. The Morgan fingerprint density at radius 1 is 1.14 bits per heavy atom. The normalized spacial score (nSPS) is 12.0. The van der Waals surface area contributed by atoms with Crippen LogP contribution in [-0.2, 0) is 6.54 Å². The highest BCUT2D eigenvalue weighted by Gasteiger charge is 2.09. The Kier molecular flexibility index (Phi) is 9.20. The first kappa shape index (κ1) is 23.0. The highest BCUT2D eigenvalue weighted by Crippen LogP contribution is 2.16. The molecule has 0 amide bonds. The third-order valence-electron chi connectivity index (χ3n) is 4.00. The van der Waals surface area contributed by atoms with Crippen molar-refractivity contribution in [1.29, 1.82) is 0 Å². The molecular formula is C20H24ClIN6O. The van der Waals surface area contributed by atoms with Gasteiger partial charge < -0.3 is 15.4 Å². The van der Waals surface area contributed by atoms with E-state index in [1.54, 1.807) is 25.5 Å². The number of para-hydroxylation sites is 1. The Morgan fingerprint density at radius 3 is 2.55 bits per heavy atom. The number of aliphatic imine (C=N–C) groups is 1. The first-order chi connectivity index (χ1) is 13.7. The van der Waals surface area contributed by atoms with Gasteiger partial charge in [-0.15, -0.1) is 34.2 Å². The number of hydrogen-bond donors (Lipinski definition) is 2. The lowest BCUT2D eigenvalue weighted by atomic mass is 10.3. The Morgan fingerprint density at radius 2 is 1.86 bits per heavy atom. The van der Waals surface area contributed by atoms with Gasteiger partial charge in [-0.05, 0) is 43.3 Å².